The molecule has 1 N–H and O–H groups in total. The monoisotopic (exact) mass is 503 g/mol. The Hall–Kier alpha value is -2.45. The van der Waals surface area contributed by atoms with Gasteiger partial charge in [-0.05, 0) is 58.6 Å². The standard InChI is InChI=1S/C26H35ClFN5O2/c1-26(2,3)35-25(34)31-21-5-4-10-33(17-21)23-13-24(27)30-15-22(23)18-6-7-20(29-14-18)16-32-11-8-19(28)9-12-32/h6-7,13-15,19,21H,4-5,8-12,16-17H2,1-3H3,(H,31,34)/t21-/m0/s1. The van der Waals surface area contributed by atoms with Gasteiger partial charge >= 0.3 is 6.09 Å². The number of carbonyl (C=O) groups is 1. The predicted octanol–water partition coefficient (Wildman–Crippen LogP) is 5.22. The van der Waals surface area contributed by atoms with Gasteiger partial charge in [-0.2, -0.15) is 0 Å². The molecule has 4 heterocycles. The molecule has 0 spiro atoms. The summed E-state index contributed by atoms with van der Waals surface area (Å²) in [6.45, 7) is 9.34. The van der Waals surface area contributed by atoms with Crippen molar-refractivity contribution in [1.82, 2.24) is 20.2 Å². The van der Waals surface area contributed by atoms with E-state index in [4.69, 9.17) is 16.3 Å². The first kappa shape index (κ1) is 25.6. The van der Waals surface area contributed by atoms with Crippen molar-refractivity contribution in [2.75, 3.05) is 31.1 Å². The quantitative estimate of drug-likeness (QED) is 0.564. The number of anilines is 1. The first-order valence-electron chi connectivity index (χ1n) is 12.4. The number of likely N-dealkylation sites (tertiary alicyclic amines) is 1. The number of amides is 1. The van der Waals surface area contributed by atoms with Crippen molar-refractivity contribution in [2.45, 2.75) is 70.8 Å². The summed E-state index contributed by atoms with van der Waals surface area (Å²) in [5.74, 6) is 0. The van der Waals surface area contributed by atoms with Crippen molar-refractivity contribution in [3.05, 3.63) is 41.4 Å². The molecule has 0 saturated carbocycles. The molecule has 1 atom stereocenters. The molecule has 2 aliphatic rings. The number of nitrogens with zero attached hydrogens (tertiary/aromatic N) is 4. The van der Waals surface area contributed by atoms with Gasteiger partial charge in [-0.3, -0.25) is 9.88 Å². The third-order valence-corrected chi connectivity index (χ3v) is 6.58. The maximum atomic E-state index is 13.4. The van der Waals surface area contributed by atoms with Crippen molar-refractivity contribution in [3.63, 3.8) is 0 Å². The lowest BCUT2D eigenvalue weighted by molar-refractivity contribution is 0.0500. The van der Waals surface area contributed by atoms with Gasteiger partial charge < -0.3 is 15.0 Å². The van der Waals surface area contributed by atoms with Gasteiger partial charge in [0.15, 0.2) is 0 Å². The van der Waals surface area contributed by atoms with Gasteiger partial charge in [0, 0.05) is 68.0 Å². The van der Waals surface area contributed by atoms with E-state index in [1.54, 1.807) is 6.20 Å². The van der Waals surface area contributed by atoms with E-state index in [1.165, 1.54) is 0 Å². The van der Waals surface area contributed by atoms with E-state index in [-0.39, 0.29) is 6.04 Å². The number of carbonyl (C=O) groups excluding carboxylic acids is 1. The van der Waals surface area contributed by atoms with Gasteiger partial charge in [-0.1, -0.05) is 17.7 Å². The fourth-order valence-corrected chi connectivity index (χ4v) is 4.81. The van der Waals surface area contributed by atoms with E-state index in [1.807, 2.05) is 39.1 Å². The Balaban J connectivity index is 1.46. The maximum absolute atomic E-state index is 13.4. The summed E-state index contributed by atoms with van der Waals surface area (Å²) in [6.07, 6.45) is 5.60. The summed E-state index contributed by atoms with van der Waals surface area (Å²) < 4.78 is 18.9. The van der Waals surface area contributed by atoms with Crippen LogP contribution in [0.1, 0.15) is 52.1 Å². The Kier molecular flexibility index (Phi) is 8.12. The Morgan fingerprint density at radius 1 is 1.17 bits per heavy atom. The molecule has 0 radical (unpaired) electrons. The van der Waals surface area contributed by atoms with E-state index in [9.17, 15) is 9.18 Å². The number of hydrogen-bond donors (Lipinski definition) is 1. The Labute approximate surface area is 212 Å². The van der Waals surface area contributed by atoms with Crippen LogP contribution in [0, 0.1) is 0 Å². The third kappa shape index (κ3) is 7.27. The first-order valence-corrected chi connectivity index (χ1v) is 12.8. The molecule has 9 heteroatoms. The van der Waals surface area contributed by atoms with Crippen molar-refractivity contribution in [2.24, 2.45) is 0 Å². The van der Waals surface area contributed by atoms with Crippen LogP contribution in [0.2, 0.25) is 5.15 Å². The zero-order valence-corrected chi connectivity index (χ0v) is 21.5. The van der Waals surface area contributed by atoms with Crippen molar-refractivity contribution < 1.29 is 13.9 Å². The SMILES string of the molecule is CC(C)(C)OC(=O)N[C@H]1CCCN(c2cc(Cl)ncc2-c2ccc(CN3CCC(F)CC3)nc2)C1. The van der Waals surface area contributed by atoms with E-state index >= 15 is 0 Å². The van der Waals surface area contributed by atoms with Crippen LogP contribution in [0.5, 0.6) is 0 Å². The predicted molar refractivity (Wildman–Crippen MR) is 136 cm³/mol. The number of ether oxygens (including phenoxy) is 1. The summed E-state index contributed by atoms with van der Waals surface area (Å²) in [4.78, 5) is 25.8. The minimum absolute atomic E-state index is 0.0210. The highest BCUT2D eigenvalue weighted by Gasteiger charge is 2.26. The highest BCUT2D eigenvalue weighted by molar-refractivity contribution is 6.29. The second-order valence-electron chi connectivity index (χ2n) is 10.4. The van der Waals surface area contributed by atoms with Gasteiger partial charge in [-0.15, -0.1) is 0 Å². The normalized spacial score (nSPS) is 20.0. The molecule has 2 aromatic rings. The molecule has 35 heavy (non-hydrogen) atoms. The summed E-state index contributed by atoms with van der Waals surface area (Å²) in [5.41, 5.74) is 3.31. The number of rotatable bonds is 5. The molecule has 0 aromatic carbocycles. The van der Waals surface area contributed by atoms with Gasteiger partial charge in [0.2, 0.25) is 0 Å². The summed E-state index contributed by atoms with van der Waals surface area (Å²) in [6, 6.07) is 5.94. The summed E-state index contributed by atoms with van der Waals surface area (Å²) >= 11 is 6.29. The molecule has 4 rings (SSSR count). The number of alkyl carbamates (subject to hydrolysis) is 1. The molecule has 2 aromatic heterocycles. The van der Waals surface area contributed by atoms with Gasteiger partial charge in [0.25, 0.3) is 0 Å². The lowest BCUT2D eigenvalue weighted by Gasteiger charge is -2.36. The molecule has 0 bridgehead atoms. The van der Waals surface area contributed by atoms with E-state index in [0.29, 0.717) is 24.5 Å². The Morgan fingerprint density at radius 2 is 1.94 bits per heavy atom. The molecule has 0 aliphatic carbocycles. The zero-order valence-electron chi connectivity index (χ0n) is 20.8. The van der Waals surface area contributed by atoms with Crippen LogP contribution >= 0.6 is 11.6 Å². The lowest BCUT2D eigenvalue weighted by Crippen LogP contribution is -2.49. The van der Waals surface area contributed by atoms with E-state index in [2.05, 4.69) is 31.2 Å². The molecule has 2 saturated heterocycles. The second kappa shape index (κ2) is 11.1. The number of nitrogens with one attached hydrogen (secondary N) is 1. The number of hydrogen-bond acceptors (Lipinski definition) is 6. The van der Waals surface area contributed by atoms with Crippen LogP contribution in [0.25, 0.3) is 11.1 Å². The van der Waals surface area contributed by atoms with Crippen LogP contribution in [0.3, 0.4) is 0 Å². The molecular formula is C26H35ClFN5O2. The molecular weight excluding hydrogens is 469 g/mol. The smallest absolute Gasteiger partial charge is 0.407 e. The summed E-state index contributed by atoms with van der Waals surface area (Å²) in [7, 11) is 0. The van der Waals surface area contributed by atoms with E-state index < -0.39 is 17.9 Å². The fraction of sp³-hybridized carbons (Fsp3) is 0.577. The lowest BCUT2D eigenvalue weighted by atomic mass is 10.0. The van der Waals surface area contributed by atoms with Crippen molar-refractivity contribution >= 4 is 23.4 Å². The average Bonchev–Trinajstić information content (AvgIpc) is 2.80. The third-order valence-electron chi connectivity index (χ3n) is 6.37. The van der Waals surface area contributed by atoms with Gasteiger partial charge in [0.1, 0.15) is 16.9 Å². The molecule has 1 amide bonds. The number of piperidine rings is 2. The van der Waals surface area contributed by atoms with Crippen LogP contribution in [-0.4, -0.2) is 65.0 Å². The topological polar surface area (TPSA) is 70.6 Å². The minimum atomic E-state index is -0.675. The molecule has 190 valence electrons. The Morgan fingerprint density at radius 3 is 2.63 bits per heavy atom. The van der Waals surface area contributed by atoms with Crippen LogP contribution in [-0.2, 0) is 11.3 Å². The zero-order chi connectivity index (χ0) is 25.0. The van der Waals surface area contributed by atoms with Gasteiger partial charge in [-0.25, -0.2) is 14.2 Å². The maximum Gasteiger partial charge on any atom is 0.407 e. The highest BCUT2D eigenvalue weighted by atomic mass is 35.5. The Bertz CT molecular complexity index is 1010. The fourth-order valence-electron chi connectivity index (χ4n) is 4.66. The van der Waals surface area contributed by atoms with Crippen molar-refractivity contribution in [3.8, 4) is 11.1 Å². The van der Waals surface area contributed by atoms with Crippen LogP contribution < -0.4 is 10.2 Å². The van der Waals surface area contributed by atoms with Crippen molar-refractivity contribution in [1.29, 1.82) is 0 Å². The largest absolute Gasteiger partial charge is 0.444 e. The van der Waals surface area contributed by atoms with E-state index in [0.717, 1.165) is 61.5 Å². The second-order valence-corrected chi connectivity index (χ2v) is 10.8. The van der Waals surface area contributed by atoms with Crippen LogP contribution in [0.4, 0.5) is 14.9 Å². The highest BCUT2D eigenvalue weighted by Crippen LogP contribution is 2.33. The number of halogens is 2. The molecule has 0 unspecified atom stereocenters. The average molecular weight is 504 g/mol. The number of pyridine rings is 2. The summed E-state index contributed by atoms with van der Waals surface area (Å²) in [5, 5.41) is 3.43. The van der Waals surface area contributed by atoms with Gasteiger partial charge in [0.05, 0.1) is 5.69 Å². The molecule has 7 nitrogen and oxygen atoms in total. The first-order chi connectivity index (χ1) is 16.7. The van der Waals surface area contributed by atoms with Crippen LogP contribution in [0.15, 0.2) is 30.6 Å². The molecule has 2 aliphatic heterocycles. The number of aromatic nitrogens is 2. The molecule has 2 fully saturated rings. The number of alkyl halides is 1. The minimum Gasteiger partial charge on any atom is -0.444 e.